The maximum Gasteiger partial charge on any atom is 0.320 e. The molecule has 5 nitrogen and oxygen atoms in total. The molecule has 0 bridgehead atoms. The van der Waals surface area contributed by atoms with Crippen molar-refractivity contribution in [2.45, 2.75) is 52.1 Å². The second kappa shape index (κ2) is 8.10. The van der Waals surface area contributed by atoms with Gasteiger partial charge in [0.25, 0.3) is 0 Å². The van der Waals surface area contributed by atoms with Crippen LogP contribution in [0, 0.1) is 0 Å². The lowest BCUT2D eigenvalue weighted by Gasteiger charge is -2.19. The zero-order chi connectivity index (χ0) is 12.6. The van der Waals surface area contributed by atoms with Crippen LogP contribution in [0.15, 0.2) is 0 Å². The minimum absolute atomic E-state index is 0.162. The SMILES string of the molecule is CCCCC(NC(C)C(=O)NCC)C(=O)O. The summed E-state index contributed by atoms with van der Waals surface area (Å²) in [5.41, 5.74) is 0. The van der Waals surface area contributed by atoms with Crippen molar-refractivity contribution in [1.29, 1.82) is 0 Å². The number of amides is 1. The van der Waals surface area contributed by atoms with Crippen LogP contribution in [0.1, 0.15) is 40.0 Å². The number of carboxylic acids is 1. The lowest BCUT2D eigenvalue weighted by atomic mass is 10.1. The fourth-order valence-electron chi connectivity index (χ4n) is 1.39. The number of carbonyl (C=O) groups is 2. The van der Waals surface area contributed by atoms with Crippen LogP contribution in [-0.4, -0.2) is 35.6 Å². The highest BCUT2D eigenvalue weighted by Crippen LogP contribution is 2.02. The lowest BCUT2D eigenvalue weighted by Crippen LogP contribution is -2.49. The van der Waals surface area contributed by atoms with Crippen molar-refractivity contribution in [1.82, 2.24) is 10.6 Å². The zero-order valence-electron chi connectivity index (χ0n) is 10.2. The molecule has 0 rings (SSSR count). The second-order valence-electron chi connectivity index (χ2n) is 3.82. The van der Waals surface area contributed by atoms with Gasteiger partial charge in [0.15, 0.2) is 0 Å². The average Bonchev–Trinajstić information content (AvgIpc) is 2.23. The number of nitrogens with one attached hydrogen (secondary N) is 2. The molecule has 5 heteroatoms. The highest BCUT2D eigenvalue weighted by atomic mass is 16.4. The Balaban J connectivity index is 4.16. The first kappa shape index (κ1) is 14.9. The van der Waals surface area contributed by atoms with Crippen LogP contribution < -0.4 is 10.6 Å². The Morgan fingerprint density at radius 1 is 1.31 bits per heavy atom. The van der Waals surface area contributed by atoms with E-state index in [0.29, 0.717) is 13.0 Å². The Morgan fingerprint density at radius 3 is 2.38 bits per heavy atom. The summed E-state index contributed by atoms with van der Waals surface area (Å²) >= 11 is 0. The van der Waals surface area contributed by atoms with Gasteiger partial charge in [-0.15, -0.1) is 0 Å². The molecule has 0 aliphatic carbocycles. The molecule has 0 aromatic heterocycles. The molecule has 0 aliphatic rings. The molecule has 0 aromatic rings. The Kier molecular flexibility index (Phi) is 7.54. The summed E-state index contributed by atoms with van der Waals surface area (Å²) in [7, 11) is 0. The molecule has 0 heterocycles. The highest BCUT2D eigenvalue weighted by molar-refractivity contribution is 5.82. The van der Waals surface area contributed by atoms with E-state index in [1.54, 1.807) is 6.92 Å². The Hall–Kier alpha value is -1.10. The number of likely N-dealkylation sites (N-methyl/N-ethyl adjacent to an activating group) is 1. The Bertz CT molecular complexity index is 231. The van der Waals surface area contributed by atoms with Gasteiger partial charge in [-0.25, -0.2) is 0 Å². The molecule has 1 amide bonds. The van der Waals surface area contributed by atoms with Crippen LogP contribution in [0.2, 0.25) is 0 Å². The predicted octanol–water partition coefficient (Wildman–Crippen LogP) is 0.744. The predicted molar refractivity (Wildman–Crippen MR) is 62.2 cm³/mol. The number of hydrogen-bond acceptors (Lipinski definition) is 3. The molecule has 3 N–H and O–H groups in total. The quantitative estimate of drug-likeness (QED) is 0.575. The average molecular weight is 230 g/mol. The monoisotopic (exact) mass is 230 g/mol. The zero-order valence-corrected chi connectivity index (χ0v) is 10.2. The molecule has 0 saturated carbocycles. The van der Waals surface area contributed by atoms with Gasteiger partial charge in [0, 0.05) is 6.54 Å². The fraction of sp³-hybridized carbons (Fsp3) is 0.818. The minimum atomic E-state index is -0.899. The first-order valence-corrected chi connectivity index (χ1v) is 5.79. The van der Waals surface area contributed by atoms with E-state index >= 15 is 0 Å². The Morgan fingerprint density at radius 2 is 1.94 bits per heavy atom. The molecule has 0 aliphatic heterocycles. The van der Waals surface area contributed by atoms with E-state index in [2.05, 4.69) is 10.6 Å². The van der Waals surface area contributed by atoms with Crippen LogP contribution in [0.5, 0.6) is 0 Å². The summed E-state index contributed by atoms with van der Waals surface area (Å²) in [5.74, 6) is -1.06. The van der Waals surface area contributed by atoms with Crippen molar-refractivity contribution in [3.63, 3.8) is 0 Å². The van der Waals surface area contributed by atoms with Gasteiger partial charge in [0.05, 0.1) is 6.04 Å². The number of carbonyl (C=O) groups excluding carboxylic acids is 1. The molecule has 0 radical (unpaired) electrons. The second-order valence-corrected chi connectivity index (χ2v) is 3.82. The van der Waals surface area contributed by atoms with E-state index in [4.69, 9.17) is 5.11 Å². The summed E-state index contributed by atoms with van der Waals surface area (Å²) in [4.78, 5) is 22.3. The maximum absolute atomic E-state index is 11.4. The van der Waals surface area contributed by atoms with Gasteiger partial charge >= 0.3 is 5.97 Å². The van der Waals surface area contributed by atoms with Gasteiger partial charge in [-0.1, -0.05) is 19.8 Å². The first-order valence-electron chi connectivity index (χ1n) is 5.79. The van der Waals surface area contributed by atoms with E-state index < -0.39 is 18.1 Å². The number of carboxylic acid groups (broad SMARTS) is 1. The van der Waals surface area contributed by atoms with Gasteiger partial charge in [-0.2, -0.15) is 0 Å². The molecule has 16 heavy (non-hydrogen) atoms. The van der Waals surface area contributed by atoms with Crippen LogP contribution >= 0.6 is 0 Å². The first-order chi connectivity index (χ1) is 7.52. The largest absolute Gasteiger partial charge is 0.480 e. The summed E-state index contributed by atoms with van der Waals surface area (Å²) in [6.45, 7) is 6.06. The molecule has 0 spiro atoms. The van der Waals surface area contributed by atoms with Crippen molar-refractivity contribution in [3.05, 3.63) is 0 Å². The Labute approximate surface area is 96.6 Å². The van der Waals surface area contributed by atoms with E-state index in [-0.39, 0.29) is 5.91 Å². The van der Waals surface area contributed by atoms with Crippen molar-refractivity contribution < 1.29 is 14.7 Å². The molecule has 2 atom stereocenters. The summed E-state index contributed by atoms with van der Waals surface area (Å²) in [5, 5.41) is 14.4. The molecule has 0 fully saturated rings. The number of aliphatic carboxylic acids is 1. The van der Waals surface area contributed by atoms with Crippen molar-refractivity contribution >= 4 is 11.9 Å². The van der Waals surface area contributed by atoms with Gasteiger partial charge in [0.1, 0.15) is 6.04 Å². The van der Waals surface area contributed by atoms with Gasteiger partial charge in [-0.05, 0) is 20.3 Å². The third kappa shape index (κ3) is 5.70. The molecule has 0 saturated heterocycles. The normalized spacial score (nSPS) is 14.2. The minimum Gasteiger partial charge on any atom is -0.480 e. The standard InChI is InChI=1S/C11H22N2O3/c1-4-6-7-9(11(15)16)13-8(3)10(14)12-5-2/h8-9,13H,4-7H2,1-3H3,(H,12,14)(H,15,16). The van der Waals surface area contributed by atoms with Crippen molar-refractivity contribution in [2.24, 2.45) is 0 Å². The smallest absolute Gasteiger partial charge is 0.320 e. The lowest BCUT2D eigenvalue weighted by molar-refractivity contribution is -0.140. The molecule has 0 aromatic carbocycles. The van der Waals surface area contributed by atoms with E-state index in [9.17, 15) is 9.59 Å². The topological polar surface area (TPSA) is 78.4 Å². The molecular weight excluding hydrogens is 208 g/mol. The third-order valence-corrected chi connectivity index (χ3v) is 2.34. The summed E-state index contributed by atoms with van der Waals surface area (Å²) in [6, 6.07) is -1.12. The summed E-state index contributed by atoms with van der Waals surface area (Å²) in [6.07, 6.45) is 2.34. The van der Waals surface area contributed by atoms with Crippen molar-refractivity contribution in [3.8, 4) is 0 Å². The number of rotatable bonds is 8. The van der Waals surface area contributed by atoms with Gasteiger partial charge in [-0.3, -0.25) is 14.9 Å². The van der Waals surface area contributed by atoms with Crippen LogP contribution in [-0.2, 0) is 9.59 Å². The fourth-order valence-corrected chi connectivity index (χ4v) is 1.39. The molecule has 2 unspecified atom stereocenters. The van der Waals surface area contributed by atoms with Crippen LogP contribution in [0.4, 0.5) is 0 Å². The van der Waals surface area contributed by atoms with E-state index in [1.807, 2.05) is 13.8 Å². The maximum atomic E-state index is 11.4. The third-order valence-electron chi connectivity index (χ3n) is 2.34. The van der Waals surface area contributed by atoms with Gasteiger partial charge in [0.2, 0.25) is 5.91 Å². The van der Waals surface area contributed by atoms with Crippen LogP contribution in [0.3, 0.4) is 0 Å². The molecule has 94 valence electrons. The van der Waals surface area contributed by atoms with Crippen molar-refractivity contribution in [2.75, 3.05) is 6.54 Å². The van der Waals surface area contributed by atoms with Crippen LogP contribution in [0.25, 0.3) is 0 Å². The number of hydrogen-bond donors (Lipinski definition) is 3. The number of unbranched alkanes of at least 4 members (excludes halogenated alkanes) is 1. The van der Waals surface area contributed by atoms with E-state index in [0.717, 1.165) is 12.8 Å². The molecular formula is C11H22N2O3. The van der Waals surface area contributed by atoms with E-state index in [1.165, 1.54) is 0 Å². The highest BCUT2D eigenvalue weighted by Gasteiger charge is 2.21. The summed E-state index contributed by atoms with van der Waals surface area (Å²) < 4.78 is 0. The van der Waals surface area contributed by atoms with Gasteiger partial charge < -0.3 is 10.4 Å².